The van der Waals surface area contributed by atoms with E-state index in [9.17, 15) is 13.2 Å². The zero-order chi connectivity index (χ0) is 19.9. The topological polar surface area (TPSA) is 57.7 Å². The van der Waals surface area contributed by atoms with Gasteiger partial charge in [-0.2, -0.15) is 0 Å². The van der Waals surface area contributed by atoms with Crippen LogP contribution in [0.4, 0.5) is 5.69 Å². The minimum Gasteiger partial charge on any atom is -0.312 e. The minimum atomic E-state index is -3.39. The van der Waals surface area contributed by atoms with Crippen LogP contribution in [0.2, 0.25) is 0 Å². The van der Waals surface area contributed by atoms with Crippen LogP contribution in [-0.2, 0) is 20.6 Å². The standard InChI is InChI=1S/C22H26N2O3S/c1-17-6-8-19(9-7-17)14-28(26,27)23-11-10-22(15-23)13-21(25)24(16-22)20-5-3-4-18(2)12-20/h3-9,12H,10-11,13-16H2,1-2H3/t22-/m1/s1. The number of hydrogen-bond acceptors (Lipinski definition) is 3. The van der Waals surface area contributed by atoms with E-state index in [2.05, 4.69) is 0 Å². The van der Waals surface area contributed by atoms with Gasteiger partial charge in [-0.25, -0.2) is 12.7 Å². The minimum absolute atomic E-state index is 0.0128. The first-order valence-electron chi connectivity index (χ1n) is 9.67. The van der Waals surface area contributed by atoms with Gasteiger partial charge in [0.15, 0.2) is 0 Å². The summed E-state index contributed by atoms with van der Waals surface area (Å²) < 4.78 is 27.4. The molecule has 0 saturated carbocycles. The number of anilines is 1. The van der Waals surface area contributed by atoms with Crippen LogP contribution in [0, 0.1) is 19.3 Å². The molecule has 0 aromatic heterocycles. The molecule has 4 rings (SSSR count). The molecule has 1 amide bonds. The summed E-state index contributed by atoms with van der Waals surface area (Å²) >= 11 is 0. The highest BCUT2D eigenvalue weighted by atomic mass is 32.2. The van der Waals surface area contributed by atoms with Gasteiger partial charge in [-0.1, -0.05) is 42.0 Å². The maximum absolute atomic E-state index is 12.9. The van der Waals surface area contributed by atoms with Crippen molar-refractivity contribution in [3.8, 4) is 0 Å². The third-order valence-corrected chi connectivity index (χ3v) is 7.70. The SMILES string of the molecule is Cc1ccc(CS(=O)(=O)N2CC[C@@]3(CC(=O)N(c4cccc(C)c4)C3)C2)cc1. The monoisotopic (exact) mass is 398 g/mol. The molecule has 1 atom stereocenters. The van der Waals surface area contributed by atoms with Crippen molar-refractivity contribution in [3.05, 3.63) is 65.2 Å². The maximum Gasteiger partial charge on any atom is 0.227 e. The van der Waals surface area contributed by atoms with Crippen molar-refractivity contribution in [2.24, 2.45) is 5.41 Å². The van der Waals surface area contributed by atoms with Crippen LogP contribution in [0.15, 0.2) is 48.5 Å². The van der Waals surface area contributed by atoms with Gasteiger partial charge in [-0.3, -0.25) is 4.79 Å². The van der Waals surface area contributed by atoms with E-state index in [0.717, 1.165) is 28.8 Å². The first-order chi connectivity index (χ1) is 13.3. The van der Waals surface area contributed by atoms with Gasteiger partial charge in [0.25, 0.3) is 0 Å². The number of nitrogens with zero attached hydrogens (tertiary/aromatic N) is 2. The highest BCUT2D eigenvalue weighted by molar-refractivity contribution is 7.88. The molecule has 28 heavy (non-hydrogen) atoms. The molecule has 5 nitrogen and oxygen atoms in total. The van der Waals surface area contributed by atoms with Crippen LogP contribution in [0.1, 0.15) is 29.5 Å². The molecule has 1 spiro atoms. The molecule has 2 aromatic rings. The Morgan fingerprint density at radius 3 is 2.46 bits per heavy atom. The second kappa shape index (κ2) is 7.01. The normalized spacial score (nSPS) is 23.1. The third kappa shape index (κ3) is 3.71. The molecule has 6 heteroatoms. The van der Waals surface area contributed by atoms with Crippen molar-refractivity contribution in [1.82, 2.24) is 4.31 Å². The zero-order valence-electron chi connectivity index (χ0n) is 16.4. The molecule has 2 aliphatic rings. The van der Waals surface area contributed by atoms with E-state index in [0.29, 0.717) is 26.1 Å². The summed E-state index contributed by atoms with van der Waals surface area (Å²) in [5.74, 6) is 0.0993. The Bertz CT molecular complexity index is 1000. The van der Waals surface area contributed by atoms with Crippen LogP contribution < -0.4 is 4.90 Å². The molecule has 2 aliphatic heterocycles. The molecule has 2 saturated heterocycles. The van der Waals surface area contributed by atoms with Crippen LogP contribution in [-0.4, -0.2) is 38.3 Å². The van der Waals surface area contributed by atoms with Crippen molar-refractivity contribution < 1.29 is 13.2 Å². The Kier molecular flexibility index (Phi) is 4.79. The molecular weight excluding hydrogens is 372 g/mol. The van der Waals surface area contributed by atoms with Gasteiger partial charge in [-0.05, 0) is 43.5 Å². The van der Waals surface area contributed by atoms with Crippen molar-refractivity contribution in [1.29, 1.82) is 0 Å². The Balaban J connectivity index is 1.48. The quantitative estimate of drug-likeness (QED) is 0.794. The first-order valence-corrected chi connectivity index (χ1v) is 11.3. The summed E-state index contributed by atoms with van der Waals surface area (Å²) in [6.07, 6.45) is 1.14. The Morgan fingerprint density at radius 1 is 1.00 bits per heavy atom. The van der Waals surface area contributed by atoms with Gasteiger partial charge in [0, 0.05) is 37.2 Å². The lowest BCUT2D eigenvalue weighted by Crippen LogP contribution is -2.34. The number of rotatable bonds is 4. The Labute approximate surface area is 167 Å². The van der Waals surface area contributed by atoms with Gasteiger partial charge in [0.1, 0.15) is 0 Å². The fourth-order valence-electron chi connectivity index (χ4n) is 4.32. The van der Waals surface area contributed by atoms with Crippen molar-refractivity contribution in [2.75, 3.05) is 24.5 Å². The first kappa shape index (κ1) is 19.2. The highest BCUT2D eigenvalue weighted by Gasteiger charge is 2.50. The Hall–Kier alpha value is -2.18. The lowest BCUT2D eigenvalue weighted by Gasteiger charge is -2.24. The van der Waals surface area contributed by atoms with Gasteiger partial charge >= 0.3 is 0 Å². The van der Waals surface area contributed by atoms with E-state index in [4.69, 9.17) is 0 Å². The van der Waals surface area contributed by atoms with E-state index in [1.807, 2.05) is 67.3 Å². The van der Waals surface area contributed by atoms with E-state index in [1.54, 1.807) is 4.31 Å². The summed E-state index contributed by atoms with van der Waals surface area (Å²) in [4.78, 5) is 14.5. The molecular formula is C22H26N2O3S. The van der Waals surface area contributed by atoms with Crippen LogP contribution in [0.3, 0.4) is 0 Å². The van der Waals surface area contributed by atoms with Gasteiger partial charge < -0.3 is 4.90 Å². The van der Waals surface area contributed by atoms with Gasteiger partial charge in [-0.15, -0.1) is 0 Å². The molecule has 2 aromatic carbocycles. The number of sulfonamides is 1. The third-order valence-electron chi connectivity index (χ3n) is 5.90. The molecule has 0 N–H and O–H groups in total. The largest absolute Gasteiger partial charge is 0.312 e. The maximum atomic E-state index is 12.9. The predicted molar refractivity (Wildman–Crippen MR) is 111 cm³/mol. The second-order valence-electron chi connectivity index (χ2n) is 8.32. The molecule has 2 fully saturated rings. The number of aryl methyl sites for hydroxylation is 2. The van der Waals surface area contributed by atoms with E-state index in [-0.39, 0.29) is 17.1 Å². The summed E-state index contributed by atoms with van der Waals surface area (Å²) in [5.41, 5.74) is 3.65. The predicted octanol–water partition coefficient (Wildman–Crippen LogP) is 3.26. The number of carbonyl (C=O) groups excluding carboxylic acids is 1. The lowest BCUT2D eigenvalue weighted by atomic mass is 9.86. The smallest absolute Gasteiger partial charge is 0.227 e. The summed E-state index contributed by atoms with van der Waals surface area (Å²) in [6.45, 7) is 5.50. The van der Waals surface area contributed by atoms with Crippen LogP contribution in [0.25, 0.3) is 0 Å². The average molecular weight is 399 g/mol. The fourth-order valence-corrected chi connectivity index (χ4v) is 5.95. The van der Waals surface area contributed by atoms with Crippen molar-refractivity contribution >= 4 is 21.6 Å². The fraction of sp³-hybridized carbons (Fsp3) is 0.409. The molecule has 0 bridgehead atoms. The number of benzene rings is 2. The number of hydrogen-bond donors (Lipinski definition) is 0. The van der Waals surface area contributed by atoms with E-state index in [1.165, 1.54) is 0 Å². The Morgan fingerprint density at radius 2 is 1.75 bits per heavy atom. The molecule has 0 radical (unpaired) electrons. The molecule has 2 heterocycles. The zero-order valence-corrected chi connectivity index (χ0v) is 17.2. The van der Waals surface area contributed by atoms with Gasteiger partial charge in [0.05, 0.1) is 5.75 Å². The average Bonchev–Trinajstić information content (AvgIpc) is 3.21. The van der Waals surface area contributed by atoms with Crippen LogP contribution in [0.5, 0.6) is 0 Å². The number of carbonyl (C=O) groups is 1. The second-order valence-corrected chi connectivity index (χ2v) is 10.3. The summed E-state index contributed by atoms with van der Waals surface area (Å²) in [6, 6.07) is 15.5. The molecule has 0 aliphatic carbocycles. The highest BCUT2D eigenvalue weighted by Crippen LogP contribution is 2.43. The lowest BCUT2D eigenvalue weighted by molar-refractivity contribution is -0.117. The summed E-state index contributed by atoms with van der Waals surface area (Å²) in [7, 11) is -3.39. The summed E-state index contributed by atoms with van der Waals surface area (Å²) in [5, 5.41) is 0. The molecule has 148 valence electrons. The van der Waals surface area contributed by atoms with Crippen LogP contribution >= 0.6 is 0 Å². The number of amides is 1. The van der Waals surface area contributed by atoms with Gasteiger partial charge in [0.2, 0.25) is 15.9 Å². The van der Waals surface area contributed by atoms with E-state index >= 15 is 0 Å². The molecule has 0 unspecified atom stereocenters. The van der Waals surface area contributed by atoms with E-state index < -0.39 is 10.0 Å². The van der Waals surface area contributed by atoms with Crippen molar-refractivity contribution in [2.45, 2.75) is 32.4 Å². The van der Waals surface area contributed by atoms with Crippen molar-refractivity contribution in [3.63, 3.8) is 0 Å².